The molecule has 1 amide bonds. The molecule has 0 saturated carbocycles. The van der Waals surface area contributed by atoms with Crippen LogP contribution in [-0.2, 0) is 4.74 Å². The summed E-state index contributed by atoms with van der Waals surface area (Å²) >= 11 is 0. The van der Waals surface area contributed by atoms with Crippen LogP contribution in [0.1, 0.15) is 53.3 Å². The topological polar surface area (TPSA) is 54.7 Å². The minimum atomic E-state index is -0.473. The van der Waals surface area contributed by atoms with E-state index in [0.717, 1.165) is 5.76 Å². The van der Waals surface area contributed by atoms with Crippen LogP contribution in [0.15, 0.2) is 22.8 Å². The van der Waals surface area contributed by atoms with E-state index >= 15 is 0 Å². The lowest BCUT2D eigenvalue weighted by Crippen LogP contribution is -2.44. The molecular weight excluding hydrogens is 268 g/mol. The smallest absolute Gasteiger partial charge is 0.410 e. The molecule has 0 aromatic carbocycles. The molecule has 0 saturated heterocycles. The second-order valence-corrected chi connectivity index (χ2v) is 6.46. The summed E-state index contributed by atoms with van der Waals surface area (Å²) in [6, 6.07) is 4.02. The van der Waals surface area contributed by atoms with Gasteiger partial charge in [0.1, 0.15) is 11.4 Å². The molecule has 0 aliphatic carbocycles. The standard InChI is InChI=1S/C16H28N2O3/c1-12(2)18(15(19)21-16(4,5)6)10-9-17-13(3)14-8-7-11-20-14/h7-8,11-13,17H,9-10H2,1-6H3. The summed E-state index contributed by atoms with van der Waals surface area (Å²) < 4.78 is 10.8. The van der Waals surface area contributed by atoms with Gasteiger partial charge in [0.25, 0.3) is 0 Å². The molecule has 5 heteroatoms. The number of carbonyl (C=O) groups is 1. The highest BCUT2D eigenvalue weighted by atomic mass is 16.6. The average Bonchev–Trinajstić information content (AvgIpc) is 2.85. The highest BCUT2D eigenvalue weighted by molar-refractivity contribution is 5.68. The summed E-state index contributed by atoms with van der Waals surface area (Å²) in [6.45, 7) is 12.9. The zero-order valence-electron chi connectivity index (χ0n) is 14.0. The lowest BCUT2D eigenvalue weighted by Gasteiger charge is -2.30. The summed E-state index contributed by atoms with van der Waals surface area (Å²) in [5.41, 5.74) is -0.473. The molecule has 120 valence electrons. The molecule has 1 atom stereocenters. The van der Waals surface area contributed by atoms with Crippen molar-refractivity contribution in [2.45, 2.75) is 59.2 Å². The van der Waals surface area contributed by atoms with Crippen molar-refractivity contribution in [3.05, 3.63) is 24.2 Å². The van der Waals surface area contributed by atoms with Gasteiger partial charge in [0.05, 0.1) is 12.3 Å². The zero-order valence-corrected chi connectivity index (χ0v) is 14.0. The molecule has 0 spiro atoms. The van der Waals surface area contributed by atoms with Crippen molar-refractivity contribution in [3.8, 4) is 0 Å². The van der Waals surface area contributed by atoms with Crippen molar-refractivity contribution in [2.75, 3.05) is 13.1 Å². The van der Waals surface area contributed by atoms with Crippen molar-refractivity contribution in [1.82, 2.24) is 10.2 Å². The first kappa shape index (κ1) is 17.6. The van der Waals surface area contributed by atoms with E-state index in [0.29, 0.717) is 13.1 Å². The first-order valence-corrected chi connectivity index (χ1v) is 7.47. The van der Waals surface area contributed by atoms with Gasteiger partial charge in [-0.2, -0.15) is 0 Å². The molecule has 1 heterocycles. The van der Waals surface area contributed by atoms with Crippen LogP contribution in [0.5, 0.6) is 0 Å². The second kappa shape index (κ2) is 7.50. The molecule has 0 bridgehead atoms. The predicted molar refractivity (Wildman–Crippen MR) is 83.2 cm³/mol. The number of rotatable bonds is 6. The second-order valence-electron chi connectivity index (χ2n) is 6.46. The first-order valence-electron chi connectivity index (χ1n) is 7.47. The summed E-state index contributed by atoms with van der Waals surface area (Å²) in [5, 5.41) is 3.34. The largest absolute Gasteiger partial charge is 0.468 e. The Labute approximate surface area is 127 Å². The maximum absolute atomic E-state index is 12.2. The number of carbonyl (C=O) groups excluding carboxylic acids is 1. The average molecular weight is 296 g/mol. The molecule has 1 rings (SSSR count). The van der Waals surface area contributed by atoms with Gasteiger partial charge in [0, 0.05) is 19.1 Å². The number of hydrogen-bond acceptors (Lipinski definition) is 4. The van der Waals surface area contributed by atoms with Crippen LogP contribution in [-0.4, -0.2) is 35.7 Å². The monoisotopic (exact) mass is 296 g/mol. The fraction of sp³-hybridized carbons (Fsp3) is 0.688. The van der Waals surface area contributed by atoms with Crippen LogP contribution >= 0.6 is 0 Å². The Morgan fingerprint density at radius 1 is 1.38 bits per heavy atom. The van der Waals surface area contributed by atoms with E-state index in [2.05, 4.69) is 5.32 Å². The lowest BCUT2D eigenvalue weighted by molar-refractivity contribution is 0.0192. The van der Waals surface area contributed by atoms with Gasteiger partial charge in [-0.3, -0.25) is 0 Å². The highest BCUT2D eigenvalue weighted by Crippen LogP contribution is 2.13. The van der Waals surface area contributed by atoms with Crippen molar-refractivity contribution in [2.24, 2.45) is 0 Å². The van der Waals surface area contributed by atoms with Gasteiger partial charge < -0.3 is 19.4 Å². The third-order valence-corrected chi connectivity index (χ3v) is 3.02. The molecular formula is C16H28N2O3. The molecule has 21 heavy (non-hydrogen) atoms. The van der Waals surface area contributed by atoms with E-state index in [4.69, 9.17) is 9.15 Å². The Morgan fingerprint density at radius 2 is 2.05 bits per heavy atom. The van der Waals surface area contributed by atoms with Gasteiger partial charge in [-0.1, -0.05) is 0 Å². The third-order valence-electron chi connectivity index (χ3n) is 3.02. The Kier molecular flexibility index (Phi) is 6.27. The van der Waals surface area contributed by atoms with Crippen molar-refractivity contribution < 1.29 is 13.9 Å². The number of nitrogens with zero attached hydrogens (tertiary/aromatic N) is 1. The van der Waals surface area contributed by atoms with Gasteiger partial charge >= 0.3 is 6.09 Å². The van der Waals surface area contributed by atoms with E-state index in [1.807, 2.05) is 53.7 Å². The molecule has 5 nitrogen and oxygen atoms in total. The van der Waals surface area contributed by atoms with Crippen LogP contribution in [0.2, 0.25) is 0 Å². The number of nitrogens with one attached hydrogen (secondary N) is 1. The van der Waals surface area contributed by atoms with Crippen molar-refractivity contribution >= 4 is 6.09 Å². The van der Waals surface area contributed by atoms with Crippen LogP contribution in [0.3, 0.4) is 0 Å². The number of furan rings is 1. The SMILES string of the molecule is CC(NCCN(C(=O)OC(C)(C)C)C(C)C)c1ccco1. The van der Waals surface area contributed by atoms with Gasteiger partial charge in [0.2, 0.25) is 0 Å². The normalized spacial score (nSPS) is 13.3. The predicted octanol–water partition coefficient (Wildman–Crippen LogP) is 3.58. The maximum atomic E-state index is 12.2. The fourth-order valence-electron chi connectivity index (χ4n) is 1.92. The van der Waals surface area contributed by atoms with Gasteiger partial charge in [-0.05, 0) is 53.7 Å². The summed E-state index contributed by atoms with van der Waals surface area (Å²) in [7, 11) is 0. The highest BCUT2D eigenvalue weighted by Gasteiger charge is 2.23. The number of hydrogen-bond donors (Lipinski definition) is 1. The van der Waals surface area contributed by atoms with Crippen LogP contribution in [0.25, 0.3) is 0 Å². The molecule has 0 aliphatic rings. The van der Waals surface area contributed by atoms with E-state index < -0.39 is 5.60 Å². The first-order chi connectivity index (χ1) is 9.70. The summed E-state index contributed by atoms with van der Waals surface area (Å²) in [4.78, 5) is 13.9. The van der Waals surface area contributed by atoms with Gasteiger partial charge in [-0.15, -0.1) is 0 Å². The van der Waals surface area contributed by atoms with Gasteiger partial charge in [0.15, 0.2) is 0 Å². The minimum Gasteiger partial charge on any atom is -0.468 e. The Balaban J connectivity index is 2.46. The summed E-state index contributed by atoms with van der Waals surface area (Å²) in [5.74, 6) is 0.892. The van der Waals surface area contributed by atoms with E-state index in [1.165, 1.54) is 0 Å². The van der Waals surface area contributed by atoms with Crippen LogP contribution in [0, 0.1) is 0 Å². The molecule has 1 aromatic rings. The minimum absolute atomic E-state index is 0.0977. The van der Waals surface area contributed by atoms with Gasteiger partial charge in [-0.25, -0.2) is 4.79 Å². The molecule has 0 aliphatic heterocycles. The van der Waals surface area contributed by atoms with E-state index in [-0.39, 0.29) is 18.2 Å². The lowest BCUT2D eigenvalue weighted by atomic mass is 10.2. The zero-order chi connectivity index (χ0) is 16.0. The Bertz CT molecular complexity index is 421. The third kappa shape index (κ3) is 6.21. The van der Waals surface area contributed by atoms with Crippen molar-refractivity contribution in [1.29, 1.82) is 0 Å². The molecule has 1 unspecified atom stereocenters. The van der Waals surface area contributed by atoms with E-state index in [1.54, 1.807) is 11.2 Å². The van der Waals surface area contributed by atoms with Crippen LogP contribution < -0.4 is 5.32 Å². The number of amides is 1. The molecule has 1 N–H and O–H groups in total. The fourth-order valence-corrected chi connectivity index (χ4v) is 1.92. The molecule has 1 aromatic heterocycles. The quantitative estimate of drug-likeness (QED) is 0.872. The summed E-state index contributed by atoms with van der Waals surface area (Å²) in [6.07, 6.45) is 1.39. The van der Waals surface area contributed by atoms with Crippen molar-refractivity contribution in [3.63, 3.8) is 0 Å². The number of ether oxygens (including phenoxy) is 1. The maximum Gasteiger partial charge on any atom is 0.410 e. The molecule has 0 fully saturated rings. The Hall–Kier alpha value is -1.49. The van der Waals surface area contributed by atoms with E-state index in [9.17, 15) is 4.79 Å². The van der Waals surface area contributed by atoms with Crippen LogP contribution in [0.4, 0.5) is 4.79 Å². The molecule has 0 radical (unpaired) electrons. The Morgan fingerprint density at radius 3 is 2.52 bits per heavy atom.